The molecule has 33 heavy (non-hydrogen) atoms. The number of aromatic nitrogens is 1. The Bertz CT molecular complexity index is 1000. The maximum Gasteiger partial charge on any atom is 0.322 e. The van der Waals surface area contributed by atoms with Gasteiger partial charge in [0.15, 0.2) is 0 Å². The summed E-state index contributed by atoms with van der Waals surface area (Å²) in [6.07, 6.45) is -1.47. The van der Waals surface area contributed by atoms with Gasteiger partial charge in [0, 0.05) is 43.6 Å². The smallest absolute Gasteiger partial charge is 0.319 e. The van der Waals surface area contributed by atoms with Crippen molar-refractivity contribution in [3.8, 4) is 0 Å². The van der Waals surface area contributed by atoms with Crippen molar-refractivity contribution in [2.75, 3.05) is 32.0 Å². The second-order valence-corrected chi connectivity index (χ2v) is 7.90. The van der Waals surface area contributed by atoms with Gasteiger partial charge in [-0.05, 0) is 43.8 Å². The van der Waals surface area contributed by atoms with Crippen molar-refractivity contribution in [1.82, 2.24) is 25.6 Å². The summed E-state index contributed by atoms with van der Waals surface area (Å²) in [5.74, 6) is -2.36. The number of likely N-dealkylation sites (N-methyl/N-ethyl adjacent to an activating group) is 1. The lowest BCUT2D eigenvalue weighted by molar-refractivity contribution is -0.132. The number of urea groups is 1. The molecule has 1 aliphatic rings. The molecule has 1 unspecified atom stereocenters. The molecule has 1 aromatic heterocycles. The molecule has 0 aliphatic carbocycles. The van der Waals surface area contributed by atoms with E-state index in [0.29, 0.717) is 25.2 Å². The minimum Gasteiger partial charge on any atom is -0.319 e. The summed E-state index contributed by atoms with van der Waals surface area (Å²) < 4.78 is 24.4. The second-order valence-electron chi connectivity index (χ2n) is 7.90. The van der Waals surface area contributed by atoms with Gasteiger partial charge in [-0.2, -0.15) is 8.78 Å². The molecular weight excluding hydrogens is 434 g/mol. The molecule has 1 fully saturated rings. The predicted octanol–water partition coefficient (Wildman–Crippen LogP) is 1.81. The molecule has 176 valence electrons. The van der Waals surface area contributed by atoms with Gasteiger partial charge >= 0.3 is 18.4 Å². The van der Waals surface area contributed by atoms with Gasteiger partial charge in [-0.15, -0.1) is 0 Å². The summed E-state index contributed by atoms with van der Waals surface area (Å²) in [4.78, 5) is 44.0. The number of nitrogens with one attached hydrogen (secondary N) is 3. The molecule has 1 aromatic carbocycles. The zero-order chi connectivity index (χ0) is 24.0. The molecule has 2 aromatic rings. The maximum absolute atomic E-state index is 12.9. The van der Waals surface area contributed by atoms with Crippen LogP contribution in [0.3, 0.4) is 0 Å². The fraction of sp³-hybridized carbons (Fsp3) is 0.364. The summed E-state index contributed by atoms with van der Waals surface area (Å²) in [5.41, 5.74) is 6.08. The SMILES string of the molecule is Cc1cccc(NC(=O)N2CCN(C)CC2Cc2ccc(C(=O)NNC(=O)C(F)F)cn2)c1. The largest absolute Gasteiger partial charge is 0.322 e. The predicted molar refractivity (Wildman–Crippen MR) is 118 cm³/mol. The van der Waals surface area contributed by atoms with Crippen LogP contribution >= 0.6 is 0 Å². The van der Waals surface area contributed by atoms with Crippen molar-refractivity contribution in [1.29, 1.82) is 0 Å². The third kappa shape index (κ3) is 6.69. The summed E-state index contributed by atoms with van der Waals surface area (Å²) in [7, 11) is 1.98. The molecule has 9 nitrogen and oxygen atoms in total. The highest BCUT2D eigenvalue weighted by atomic mass is 19.3. The molecule has 1 saturated heterocycles. The molecular formula is C22H26F2N6O3. The van der Waals surface area contributed by atoms with Crippen LogP contribution in [0.1, 0.15) is 21.6 Å². The molecule has 2 heterocycles. The first-order valence-corrected chi connectivity index (χ1v) is 10.4. The molecule has 0 radical (unpaired) electrons. The molecule has 1 aliphatic heterocycles. The Hall–Kier alpha value is -3.60. The van der Waals surface area contributed by atoms with E-state index in [1.165, 1.54) is 12.3 Å². The molecule has 3 rings (SSSR count). The number of amides is 4. The lowest BCUT2D eigenvalue weighted by Gasteiger charge is -2.40. The summed E-state index contributed by atoms with van der Waals surface area (Å²) in [6, 6.07) is 10.4. The molecule has 0 spiro atoms. The van der Waals surface area contributed by atoms with E-state index in [2.05, 4.69) is 15.2 Å². The number of rotatable bonds is 5. The average Bonchev–Trinajstić information content (AvgIpc) is 2.77. The van der Waals surface area contributed by atoms with E-state index in [1.54, 1.807) is 16.4 Å². The van der Waals surface area contributed by atoms with Gasteiger partial charge in [0.25, 0.3) is 5.91 Å². The Kier molecular flexibility index (Phi) is 7.88. The topological polar surface area (TPSA) is 107 Å². The van der Waals surface area contributed by atoms with Gasteiger partial charge in [-0.3, -0.25) is 25.4 Å². The second kappa shape index (κ2) is 10.8. The summed E-state index contributed by atoms with van der Waals surface area (Å²) in [6.45, 7) is 3.92. The Morgan fingerprint density at radius 2 is 1.94 bits per heavy atom. The van der Waals surface area contributed by atoms with Crippen LogP contribution in [0.4, 0.5) is 19.3 Å². The highest BCUT2D eigenvalue weighted by Gasteiger charge is 2.29. The minimum atomic E-state index is -3.23. The van der Waals surface area contributed by atoms with Crippen LogP contribution in [0.2, 0.25) is 0 Å². The lowest BCUT2D eigenvalue weighted by atomic mass is 10.1. The first-order chi connectivity index (χ1) is 15.7. The zero-order valence-electron chi connectivity index (χ0n) is 18.3. The standard InChI is InChI=1S/C22H26F2N6O3/c1-14-4-3-5-17(10-14)26-22(33)30-9-8-29(2)13-18(30)11-16-7-6-15(12-25-16)20(31)27-28-21(32)19(23)24/h3-7,10,12,18-19H,8-9,11,13H2,1-2H3,(H,26,33)(H,27,31)(H,28,32). The number of nitrogens with zero attached hydrogens (tertiary/aromatic N) is 3. The number of piperazine rings is 1. The van der Waals surface area contributed by atoms with Gasteiger partial charge < -0.3 is 15.1 Å². The third-order valence-corrected chi connectivity index (χ3v) is 5.25. The summed E-state index contributed by atoms with van der Waals surface area (Å²) >= 11 is 0. The van der Waals surface area contributed by atoms with Gasteiger partial charge in [-0.1, -0.05) is 12.1 Å². The fourth-order valence-corrected chi connectivity index (χ4v) is 3.54. The van der Waals surface area contributed by atoms with Gasteiger partial charge in [0.1, 0.15) is 0 Å². The van der Waals surface area contributed by atoms with E-state index in [9.17, 15) is 23.2 Å². The Balaban J connectivity index is 1.63. The van der Waals surface area contributed by atoms with Crippen molar-refractivity contribution in [2.45, 2.75) is 25.8 Å². The zero-order valence-corrected chi connectivity index (χ0v) is 18.3. The molecule has 11 heteroatoms. The molecule has 3 N–H and O–H groups in total. The maximum atomic E-state index is 12.9. The van der Waals surface area contributed by atoms with Crippen molar-refractivity contribution >= 4 is 23.5 Å². The van der Waals surface area contributed by atoms with Crippen LogP contribution in [-0.4, -0.2) is 71.8 Å². The van der Waals surface area contributed by atoms with E-state index >= 15 is 0 Å². The number of halogens is 2. The average molecular weight is 460 g/mol. The van der Waals surface area contributed by atoms with Crippen LogP contribution in [0, 0.1) is 6.92 Å². The van der Waals surface area contributed by atoms with Crippen molar-refractivity contribution in [3.63, 3.8) is 0 Å². The number of hydrogen-bond acceptors (Lipinski definition) is 5. The number of alkyl halides is 2. The Labute approximate surface area is 190 Å². The molecule has 4 amide bonds. The Morgan fingerprint density at radius 3 is 2.61 bits per heavy atom. The lowest BCUT2D eigenvalue weighted by Crippen LogP contribution is -2.56. The number of anilines is 1. The highest BCUT2D eigenvalue weighted by molar-refractivity contribution is 5.95. The van der Waals surface area contributed by atoms with E-state index in [0.717, 1.165) is 17.8 Å². The van der Waals surface area contributed by atoms with Crippen LogP contribution < -0.4 is 16.2 Å². The summed E-state index contributed by atoms with van der Waals surface area (Å²) in [5, 5.41) is 2.95. The fourth-order valence-electron chi connectivity index (χ4n) is 3.54. The Morgan fingerprint density at radius 1 is 1.15 bits per heavy atom. The van der Waals surface area contributed by atoms with E-state index in [1.807, 2.05) is 43.7 Å². The number of aryl methyl sites for hydroxylation is 1. The van der Waals surface area contributed by atoms with E-state index < -0.39 is 18.2 Å². The minimum absolute atomic E-state index is 0.100. The van der Waals surface area contributed by atoms with Gasteiger partial charge in [-0.25, -0.2) is 4.79 Å². The van der Waals surface area contributed by atoms with Crippen LogP contribution in [0.25, 0.3) is 0 Å². The van der Waals surface area contributed by atoms with Crippen molar-refractivity contribution < 1.29 is 23.2 Å². The number of pyridine rings is 1. The molecule has 1 atom stereocenters. The number of hydrogen-bond donors (Lipinski definition) is 3. The highest BCUT2D eigenvalue weighted by Crippen LogP contribution is 2.17. The number of benzene rings is 1. The first-order valence-electron chi connectivity index (χ1n) is 10.4. The van der Waals surface area contributed by atoms with Gasteiger partial charge in [0.2, 0.25) is 0 Å². The number of carbonyl (C=O) groups excluding carboxylic acids is 3. The number of carbonyl (C=O) groups is 3. The van der Waals surface area contributed by atoms with E-state index in [-0.39, 0.29) is 17.6 Å². The van der Waals surface area contributed by atoms with E-state index in [4.69, 9.17) is 0 Å². The van der Waals surface area contributed by atoms with Crippen molar-refractivity contribution in [3.05, 3.63) is 59.4 Å². The molecule has 0 bridgehead atoms. The van der Waals surface area contributed by atoms with Crippen LogP contribution in [0.5, 0.6) is 0 Å². The number of hydrazine groups is 1. The van der Waals surface area contributed by atoms with Gasteiger partial charge in [0.05, 0.1) is 11.6 Å². The van der Waals surface area contributed by atoms with Crippen molar-refractivity contribution in [2.24, 2.45) is 0 Å². The third-order valence-electron chi connectivity index (χ3n) is 5.25. The quantitative estimate of drug-likeness (QED) is 0.590. The monoisotopic (exact) mass is 460 g/mol. The normalized spacial score (nSPS) is 16.4. The first kappa shape index (κ1) is 24.1. The van der Waals surface area contributed by atoms with Crippen LogP contribution in [-0.2, 0) is 11.2 Å². The van der Waals surface area contributed by atoms with Crippen LogP contribution in [0.15, 0.2) is 42.6 Å². The molecule has 0 saturated carbocycles.